The minimum absolute atomic E-state index is 0.0897. The summed E-state index contributed by atoms with van der Waals surface area (Å²) in [7, 11) is 0. The Kier molecular flexibility index (Phi) is 3.44. The predicted molar refractivity (Wildman–Crippen MR) is 67.1 cm³/mol. The third-order valence-electron chi connectivity index (χ3n) is 2.26. The van der Waals surface area contributed by atoms with Crippen molar-refractivity contribution in [3.8, 4) is 11.4 Å². The highest BCUT2D eigenvalue weighted by Crippen LogP contribution is 2.32. The molecule has 0 fully saturated rings. The highest BCUT2D eigenvalue weighted by Gasteiger charge is 2.32. The number of benzene rings is 1. The Bertz CT molecular complexity index is 610. The molecule has 0 bridgehead atoms. The first-order valence-corrected chi connectivity index (χ1v) is 5.93. The van der Waals surface area contributed by atoms with Crippen LogP contribution in [0, 0.1) is 6.92 Å². The van der Waals surface area contributed by atoms with Gasteiger partial charge in [0.15, 0.2) is 5.75 Å². The van der Waals surface area contributed by atoms with Crippen molar-refractivity contribution in [1.29, 1.82) is 0 Å². The third kappa shape index (κ3) is 3.19. The number of hydrogen-bond donors (Lipinski definition) is 1. The normalized spacial score (nSPS) is 11.6. The molecule has 0 unspecified atom stereocenters. The van der Waals surface area contributed by atoms with Gasteiger partial charge >= 0.3 is 6.36 Å². The first-order chi connectivity index (χ1) is 8.76. The van der Waals surface area contributed by atoms with Crippen LogP contribution in [0.15, 0.2) is 28.9 Å². The van der Waals surface area contributed by atoms with Gasteiger partial charge in [-0.15, -0.1) is 13.2 Å². The van der Waals surface area contributed by atoms with E-state index in [-0.39, 0.29) is 17.4 Å². The van der Waals surface area contributed by atoms with Gasteiger partial charge in [-0.25, -0.2) is 4.98 Å². The number of rotatable bonds is 2. The maximum atomic E-state index is 12.4. The van der Waals surface area contributed by atoms with Crippen molar-refractivity contribution in [3.05, 3.63) is 34.6 Å². The van der Waals surface area contributed by atoms with Gasteiger partial charge in [0, 0.05) is 10.7 Å². The van der Waals surface area contributed by atoms with Crippen molar-refractivity contribution in [2.45, 2.75) is 13.3 Å². The number of aromatic nitrogens is 2. The quantitative estimate of drug-likeness (QED) is 0.914. The fourth-order valence-corrected chi connectivity index (χ4v) is 1.94. The third-order valence-corrected chi connectivity index (χ3v) is 2.75. The van der Waals surface area contributed by atoms with Gasteiger partial charge in [0.1, 0.15) is 0 Å². The zero-order valence-corrected chi connectivity index (χ0v) is 11.3. The van der Waals surface area contributed by atoms with E-state index in [4.69, 9.17) is 5.73 Å². The van der Waals surface area contributed by atoms with E-state index in [9.17, 15) is 13.2 Å². The van der Waals surface area contributed by atoms with E-state index in [0.717, 1.165) is 0 Å². The molecule has 0 saturated carbocycles. The molecule has 0 saturated heterocycles. The van der Waals surface area contributed by atoms with Crippen LogP contribution >= 0.6 is 15.9 Å². The van der Waals surface area contributed by atoms with E-state index in [1.165, 1.54) is 22.9 Å². The minimum Gasteiger partial charge on any atom is -0.403 e. The van der Waals surface area contributed by atoms with Crippen LogP contribution < -0.4 is 10.5 Å². The van der Waals surface area contributed by atoms with E-state index in [1.807, 2.05) is 0 Å². The first-order valence-electron chi connectivity index (χ1n) is 5.13. The Labute approximate surface area is 115 Å². The summed E-state index contributed by atoms with van der Waals surface area (Å²) in [6, 6.07) is 4.27. The molecule has 19 heavy (non-hydrogen) atoms. The molecule has 2 N–H and O–H groups in total. The zero-order valence-electron chi connectivity index (χ0n) is 9.70. The monoisotopic (exact) mass is 335 g/mol. The van der Waals surface area contributed by atoms with Gasteiger partial charge in [-0.05, 0) is 25.1 Å². The maximum absolute atomic E-state index is 12.4. The van der Waals surface area contributed by atoms with Crippen molar-refractivity contribution in [1.82, 2.24) is 9.55 Å². The average molecular weight is 336 g/mol. The van der Waals surface area contributed by atoms with Crippen molar-refractivity contribution >= 4 is 21.9 Å². The van der Waals surface area contributed by atoms with Gasteiger partial charge in [0.05, 0.1) is 11.4 Å². The van der Waals surface area contributed by atoms with Gasteiger partial charge < -0.3 is 10.5 Å². The second-order valence-corrected chi connectivity index (χ2v) is 4.69. The molecule has 0 atom stereocenters. The number of nitrogens with zero attached hydrogens (tertiary/aromatic N) is 2. The number of hydrogen-bond acceptors (Lipinski definition) is 3. The molecule has 0 aliphatic heterocycles. The number of imidazole rings is 1. The van der Waals surface area contributed by atoms with E-state index in [0.29, 0.717) is 10.2 Å². The van der Waals surface area contributed by atoms with Crippen LogP contribution in [-0.2, 0) is 0 Å². The second kappa shape index (κ2) is 4.76. The molecule has 1 aromatic carbocycles. The van der Waals surface area contributed by atoms with Crippen LogP contribution in [0.25, 0.3) is 5.69 Å². The summed E-state index contributed by atoms with van der Waals surface area (Å²) >= 11 is 3.10. The molecule has 0 spiro atoms. The molecule has 102 valence electrons. The molecular formula is C11H9BrF3N3O. The molecule has 2 rings (SSSR count). The number of aryl methyl sites for hydroxylation is 1. The minimum atomic E-state index is -4.78. The number of nitrogens with two attached hydrogens (primary N) is 1. The van der Waals surface area contributed by atoms with Crippen molar-refractivity contribution in [3.63, 3.8) is 0 Å². The molecule has 2 aromatic rings. The molecular weight excluding hydrogens is 327 g/mol. The molecule has 0 aliphatic carbocycles. The predicted octanol–water partition coefficient (Wildman–Crippen LogP) is 3.42. The van der Waals surface area contributed by atoms with Crippen LogP contribution in [0.5, 0.6) is 5.75 Å². The van der Waals surface area contributed by atoms with Gasteiger partial charge in [0.2, 0.25) is 5.95 Å². The van der Waals surface area contributed by atoms with Crippen molar-refractivity contribution < 1.29 is 17.9 Å². The lowest BCUT2D eigenvalue weighted by atomic mass is 10.3. The molecule has 0 amide bonds. The fraction of sp³-hybridized carbons (Fsp3) is 0.182. The summed E-state index contributed by atoms with van der Waals surface area (Å²) in [6.07, 6.45) is -3.25. The van der Waals surface area contributed by atoms with Crippen LogP contribution in [0.4, 0.5) is 19.1 Å². The van der Waals surface area contributed by atoms with Crippen LogP contribution in [0.3, 0.4) is 0 Å². The standard InChI is InChI=1S/C11H9BrF3N3O/c1-6-5-18(10(16)17-6)8-3-2-7(12)4-9(8)19-11(13,14)15/h2-5H,1H3,(H2,16,17). The fourth-order valence-electron chi connectivity index (χ4n) is 1.60. The zero-order chi connectivity index (χ0) is 14.2. The number of halogens is 4. The summed E-state index contributed by atoms with van der Waals surface area (Å²) < 4.78 is 42.9. The molecule has 0 aliphatic rings. The summed E-state index contributed by atoms with van der Waals surface area (Å²) in [5.74, 6) is -0.266. The Morgan fingerprint density at radius 2 is 2.05 bits per heavy atom. The van der Waals surface area contributed by atoms with Crippen LogP contribution in [0.1, 0.15) is 5.69 Å². The Morgan fingerprint density at radius 1 is 1.37 bits per heavy atom. The lowest BCUT2D eigenvalue weighted by Crippen LogP contribution is -2.18. The summed E-state index contributed by atoms with van der Waals surface area (Å²) in [4.78, 5) is 3.94. The van der Waals surface area contributed by atoms with E-state index >= 15 is 0 Å². The van der Waals surface area contributed by atoms with E-state index in [2.05, 4.69) is 25.7 Å². The highest BCUT2D eigenvalue weighted by atomic mass is 79.9. The van der Waals surface area contributed by atoms with Crippen LogP contribution in [0.2, 0.25) is 0 Å². The largest absolute Gasteiger partial charge is 0.573 e. The number of ether oxygens (including phenoxy) is 1. The average Bonchev–Trinajstić information content (AvgIpc) is 2.55. The molecule has 8 heteroatoms. The van der Waals surface area contributed by atoms with Gasteiger partial charge in [-0.2, -0.15) is 0 Å². The second-order valence-electron chi connectivity index (χ2n) is 3.77. The van der Waals surface area contributed by atoms with E-state index < -0.39 is 6.36 Å². The maximum Gasteiger partial charge on any atom is 0.573 e. The van der Waals surface area contributed by atoms with Crippen molar-refractivity contribution in [2.24, 2.45) is 0 Å². The van der Waals surface area contributed by atoms with Gasteiger partial charge in [-0.3, -0.25) is 4.57 Å². The molecule has 1 aromatic heterocycles. The van der Waals surface area contributed by atoms with E-state index in [1.54, 1.807) is 13.0 Å². The Balaban J connectivity index is 2.54. The number of nitrogen functional groups attached to an aromatic ring is 1. The SMILES string of the molecule is Cc1cn(-c2ccc(Br)cc2OC(F)(F)F)c(N)n1. The van der Waals surface area contributed by atoms with Crippen molar-refractivity contribution in [2.75, 3.05) is 5.73 Å². The Morgan fingerprint density at radius 3 is 2.58 bits per heavy atom. The topological polar surface area (TPSA) is 53.1 Å². The lowest BCUT2D eigenvalue weighted by Gasteiger charge is -2.14. The molecule has 0 radical (unpaired) electrons. The lowest BCUT2D eigenvalue weighted by molar-refractivity contribution is -0.274. The summed E-state index contributed by atoms with van der Waals surface area (Å²) in [6.45, 7) is 1.69. The van der Waals surface area contributed by atoms with Gasteiger partial charge in [-0.1, -0.05) is 15.9 Å². The smallest absolute Gasteiger partial charge is 0.403 e. The highest BCUT2D eigenvalue weighted by molar-refractivity contribution is 9.10. The molecule has 1 heterocycles. The molecule has 4 nitrogen and oxygen atoms in total. The first kappa shape index (κ1) is 13.7. The Hall–Kier alpha value is -1.70. The number of alkyl halides is 3. The summed E-state index contributed by atoms with van der Waals surface area (Å²) in [5.41, 5.74) is 6.41. The van der Waals surface area contributed by atoms with Gasteiger partial charge in [0.25, 0.3) is 0 Å². The summed E-state index contributed by atoms with van der Waals surface area (Å²) in [5, 5.41) is 0. The van der Waals surface area contributed by atoms with Crippen LogP contribution in [-0.4, -0.2) is 15.9 Å². The number of anilines is 1.